The lowest BCUT2D eigenvalue weighted by atomic mass is 10.1. The second-order valence-corrected chi connectivity index (χ2v) is 8.70. The van der Waals surface area contributed by atoms with Crippen molar-refractivity contribution in [2.75, 3.05) is 13.2 Å². The maximum Gasteiger partial charge on any atom is 0.225 e. The number of rotatable bonds is 9. The van der Waals surface area contributed by atoms with E-state index >= 15 is 0 Å². The van der Waals surface area contributed by atoms with Crippen LogP contribution in [-0.2, 0) is 11.2 Å². The summed E-state index contributed by atoms with van der Waals surface area (Å²) < 4.78 is 11.3. The van der Waals surface area contributed by atoms with Crippen molar-refractivity contribution in [3.63, 3.8) is 0 Å². The summed E-state index contributed by atoms with van der Waals surface area (Å²) in [5.41, 5.74) is 4.11. The standard InChI is InChI=1S/C25H30N2O3S/c1-6-29-21-13-12-20(14-22(21)30-7-2)17(4)26-24(28)15-23-25(27-18(5)31-23)19-10-8-16(3)9-11-19/h8-14,17H,6-7,15H2,1-5H3,(H,26,28). The Morgan fingerprint density at radius 1 is 1.03 bits per heavy atom. The first-order valence-electron chi connectivity index (χ1n) is 10.6. The van der Waals surface area contributed by atoms with E-state index in [9.17, 15) is 4.79 Å². The van der Waals surface area contributed by atoms with Crippen molar-refractivity contribution in [3.8, 4) is 22.8 Å². The van der Waals surface area contributed by atoms with Gasteiger partial charge in [0, 0.05) is 10.4 Å². The topological polar surface area (TPSA) is 60.5 Å². The fourth-order valence-electron chi connectivity index (χ4n) is 3.38. The number of carbonyl (C=O) groups excluding carboxylic acids is 1. The Bertz CT molecular complexity index is 1030. The summed E-state index contributed by atoms with van der Waals surface area (Å²) in [6.45, 7) is 11.0. The monoisotopic (exact) mass is 438 g/mol. The quantitative estimate of drug-likeness (QED) is 0.469. The molecular formula is C25H30N2O3S. The third kappa shape index (κ3) is 5.85. The van der Waals surface area contributed by atoms with Gasteiger partial charge in [0.15, 0.2) is 11.5 Å². The average Bonchev–Trinajstić information content (AvgIpc) is 3.10. The van der Waals surface area contributed by atoms with Crippen molar-refractivity contribution in [3.05, 3.63) is 63.5 Å². The molecule has 1 unspecified atom stereocenters. The molecule has 1 heterocycles. The van der Waals surface area contributed by atoms with Gasteiger partial charge in [-0.05, 0) is 52.3 Å². The highest BCUT2D eigenvalue weighted by Crippen LogP contribution is 2.31. The van der Waals surface area contributed by atoms with Gasteiger partial charge in [0.1, 0.15) is 0 Å². The molecule has 0 saturated heterocycles. The van der Waals surface area contributed by atoms with Crippen LogP contribution in [0.4, 0.5) is 0 Å². The van der Waals surface area contributed by atoms with Crippen LogP contribution >= 0.6 is 11.3 Å². The van der Waals surface area contributed by atoms with E-state index in [4.69, 9.17) is 9.47 Å². The van der Waals surface area contributed by atoms with Crippen LogP contribution in [0.15, 0.2) is 42.5 Å². The van der Waals surface area contributed by atoms with Gasteiger partial charge in [-0.25, -0.2) is 4.98 Å². The second-order valence-electron chi connectivity index (χ2n) is 7.41. The number of hydrogen-bond acceptors (Lipinski definition) is 5. The molecule has 0 spiro atoms. The Kier molecular flexibility index (Phi) is 7.69. The van der Waals surface area contributed by atoms with Gasteiger partial charge >= 0.3 is 0 Å². The molecule has 0 aliphatic rings. The molecule has 0 aliphatic carbocycles. The molecule has 1 aromatic heterocycles. The molecule has 1 amide bonds. The Hall–Kier alpha value is -2.86. The first-order valence-corrected chi connectivity index (χ1v) is 11.4. The molecule has 0 radical (unpaired) electrons. The summed E-state index contributed by atoms with van der Waals surface area (Å²) in [4.78, 5) is 18.5. The summed E-state index contributed by atoms with van der Waals surface area (Å²) in [6.07, 6.45) is 0.300. The molecule has 1 atom stereocenters. The minimum absolute atomic E-state index is 0.0312. The maximum absolute atomic E-state index is 12.8. The van der Waals surface area contributed by atoms with Crippen LogP contribution in [0.1, 0.15) is 47.8 Å². The molecule has 164 valence electrons. The lowest BCUT2D eigenvalue weighted by molar-refractivity contribution is -0.121. The predicted molar refractivity (Wildman–Crippen MR) is 126 cm³/mol. The van der Waals surface area contributed by atoms with Crippen molar-refractivity contribution in [2.24, 2.45) is 0 Å². The van der Waals surface area contributed by atoms with Gasteiger partial charge in [-0.15, -0.1) is 11.3 Å². The van der Waals surface area contributed by atoms with E-state index in [1.807, 2.05) is 45.9 Å². The van der Waals surface area contributed by atoms with Crippen LogP contribution in [0.5, 0.6) is 11.5 Å². The van der Waals surface area contributed by atoms with Crippen LogP contribution in [-0.4, -0.2) is 24.1 Å². The van der Waals surface area contributed by atoms with E-state index in [1.54, 1.807) is 11.3 Å². The Morgan fingerprint density at radius 3 is 2.39 bits per heavy atom. The smallest absolute Gasteiger partial charge is 0.225 e. The molecule has 1 N–H and O–H groups in total. The van der Waals surface area contributed by atoms with Gasteiger partial charge in [-0.1, -0.05) is 35.9 Å². The minimum Gasteiger partial charge on any atom is -0.490 e. The Balaban J connectivity index is 1.73. The largest absolute Gasteiger partial charge is 0.490 e. The SMILES string of the molecule is CCOc1ccc(C(C)NC(=O)Cc2sc(C)nc2-c2ccc(C)cc2)cc1OCC. The highest BCUT2D eigenvalue weighted by atomic mass is 32.1. The molecule has 3 rings (SSSR count). The van der Waals surface area contributed by atoms with Gasteiger partial charge in [-0.2, -0.15) is 0 Å². The number of aromatic nitrogens is 1. The van der Waals surface area contributed by atoms with E-state index in [-0.39, 0.29) is 11.9 Å². The molecule has 6 heteroatoms. The number of amides is 1. The number of thiazole rings is 1. The highest BCUT2D eigenvalue weighted by molar-refractivity contribution is 7.12. The van der Waals surface area contributed by atoms with Crippen LogP contribution in [0.3, 0.4) is 0 Å². The third-order valence-electron chi connectivity index (χ3n) is 4.90. The number of nitrogens with zero attached hydrogens (tertiary/aromatic N) is 1. The van der Waals surface area contributed by atoms with Crippen molar-refractivity contribution < 1.29 is 14.3 Å². The van der Waals surface area contributed by atoms with Crippen LogP contribution < -0.4 is 14.8 Å². The molecule has 3 aromatic rings. The molecule has 0 bridgehead atoms. The van der Waals surface area contributed by atoms with Crippen LogP contribution in [0, 0.1) is 13.8 Å². The van der Waals surface area contributed by atoms with Crippen LogP contribution in [0.2, 0.25) is 0 Å². The molecule has 0 saturated carbocycles. The maximum atomic E-state index is 12.8. The lowest BCUT2D eigenvalue weighted by Gasteiger charge is -2.17. The van der Waals surface area contributed by atoms with Gasteiger partial charge < -0.3 is 14.8 Å². The molecule has 0 fully saturated rings. The number of nitrogens with one attached hydrogen (secondary N) is 1. The summed E-state index contributed by atoms with van der Waals surface area (Å²) in [6, 6.07) is 13.9. The third-order valence-corrected chi connectivity index (χ3v) is 5.87. The first kappa shape index (κ1) is 22.8. The van der Waals surface area contributed by atoms with Crippen molar-refractivity contribution in [2.45, 2.75) is 47.1 Å². The highest BCUT2D eigenvalue weighted by Gasteiger charge is 2.18. The normalized spacial score (nSPS) is 11.8. The van der Waals surface area contributed by atoms with Gasteiger partial charge in [0.2, 0.25) is 5.91 Å². The number of ether oxygens (including phenoxy) is 2. The Morgan fingerprint density at radius 2 is 1.71 bits per heavy atom. The van der Waals surface area contributed by atoms with E-state index < -0.39 is 0 Å². The van der Waals surface area contributed by atoms with Gasteiger partial charge in [0.25, 0.3) is 0 Å². The summed E-state index contributed by atoms with van der Waals surface area (Å²) in [5.74, 6) is 1.38. The summed E-state index contributed by atoms with van der Waals surface area (Å²) in [7, 11) is 0. The molecule has 0 aliphatic heterocycles. The lowest BCUT2D eigenvalue weighted by Crippen LogP contribution is -2.28. The van der Waals surface area contributed by atoms with E-state index in [0.29, 0.717) is 25.4 Å². The van der Waals surface area contributed by atoms with Crippen molar-refractivity contribution in [1.29, 1.82) is 0 Å². The first-order chi connectivity index (χ1) is 14.9. The van der Waals surface area contributed by atoms with E-state index in [2.05, 4.69) is 41.5 Å². The minimum atomic E-state index is -0.153. The van der Waals surface area contributed by atoms with E-state index in [1.165, 1.54) is 5.56 Å². The van der Waals surface area contributed by atoms with Crippen molar-refractivity contribution in [1.82, 2.24) is 10.3 Å². The van der Waals surface area contributed by atoms with E-state index in [0.717, 1.165) is 32.5 Å². The fraction of sp³-hybridized carbons (Fsp3) is 0.360. The van der Waals surface area contributed by atoms with Gasteiger partial charge in [-0.3, -0.25) is 4.79 Å². The number of hydrogen-bond donors (Lipinski definition) is 1. The zero-order valence-electron chi connectivity index (χ0n) is 18.8. The fourth-order valence-corrected chi connectivity index (χ4v) is 4.34. The number of carbonyl (C=O) groups is 1. The van der Waals surface area contributed by atoms with Crippen LogP contribution in [0.25, 0.3) is 11.3 Å². The molecule has 31 heavy (non-hydrogen) atoms. The molecular weight excluding hydrogens is 408 g/mol. The van der Waals surface area contributed by atoms with Gasteiger partial charge in [0.05, 0.1) is 36.4 Å². The number of aryl methyl sites for hydroxylation is 2. The average molecular weight is 439 g/mol. The molecule has 5 nitrogen and oxygen atoms in total. The number of benzene rings is 2. The summed E-state index contributed by atoms with van der Waals surface area (Å²) >= 11 is 1.57. The zero-order valence-corrected chi connectivity index (χ0v) is 19.6. The Labute approximate surface area is 188 Å². The second kappa shape index (κ2) is 10.4. The zero-order chi connectivity index (χ0) is 22.4. The predicted octanol–water partition coefficient (Wildman–Crippen LogP) is 5.64. The summed E-state index contributed by atoms with van der Waals surface area (Å²) in [5, 5.41) is 4.06. The van der Waals surface area contributed by atoms with Crippen molar-refractivity contribution >= 4 is 17.2 Å². The molecule has 2 aromatic carbocycles.